The van der Waals surface area contributed by atoms with E-state index in [9.17, 15) is 14.4 Å². The van der Waals surface area contributed by atoms with Crippen LogP contribution in [0.3, 0.4) is 0 Å². The highest BCUT2D eigenvalue weighted by Gasteiger charge is 2.35. The first kappa shape index (κ1) is 14.0. The molecule has 1 aliphatic rings. The number of nitrogens with zero attached hydrogens (tertiary/aromatic N) is 1. The highest BCUT2D eigenvalue weighted by Crippen LogP contribution is 2.12. The normalized spacial score (nSPS) is 17.7. The quantitative estimate of drug-likeness (QED) is 0.397. The van der Waals surface area contributed by atoms with E-state index in [-0.39, 0.29) is 18.5 Å². The van der Waals surface area contributed by atoms with Crippen molar-refractivity contribution in [2.24, 2.45) is 0 Å². The predicted molar refractivity (Wildman–Crippen MR) is 63.5 cm³/mol. The number of carbonyl (C=O) groups excluding carboxylic acids is 3. The van der Waals surface area contributed by atoms with Crippen LogP contribution >= 0.6 is 0 Å². The van der Waals surface area contributed by atoms with E-state index in [1.54, 1.807) is 0 Å². The molecular formula is C11H17N3O4. The molecule has 7 nitrogen and oxygen atoms in total. The van der Waals surface area contributed by atoms with Gasteiger partial charge in [0, 0.05) is 26.1 Å². The zero-order valence-electron chi connectivity index (χ0n) is 10.5. The van der Waals surface area contributed by atoms with E-state index < -0.39 is 11.7 Å². The van der Waals surface area contributed by atoms with Gasteiger partial charge in [-0.25, -0.2) is 9.59 Å². The van der Waals surface area contributed by atoms with E-state index in [4.69, 9.17) is 4.74 Å². The molecule has 1 fully saturated rings. The van der Waals surface area contributed by atoms with Crippen molar-refractivity contribution in [1.29, 1.82) is 0 Å². The molecule has 0 aliphatic carbocycles. The standard InChI is InChI=1S/C11H17N3O4/c1-4-9(16)18-11(3,13-8(2)15)7-14-6-5-12-10(14)17/h4H,1,5-7H2,2-3H3,(H,12,17)(H,13,15). The Morgan fingerprint density at radius 1 is 1.67 bits per heavy atom. The molecule has 100 valence electrons. The van der Waals surface area contributed by atoms with E-state index in [1.165, 1.54) is 18.7 Å². The van der Waals surface area contributed by atoms with Crippen LogP contribution in [-0.4, -0.2) is 48.2 Å². The molecule has 0 aromatic heterocycles. The molecule has 0 aromatic carbocycles. The SMILES string of the molecule is C=CC(=O)OC(C)(CN1CCNC1=O)NC(C)=O. The number of ether oxygens (including phenoxy) is 1. The van der Waals surface area contributed by atoms with Crippen LogP contribution in [0.4, 0.5) is 4.79 Å². The Labute approximate surface area is 105 Å². The summed E-state index contributed by atoms with van der Waals surface area (Å²) in [6, 6.07) is -0.249. The predicted octanol–water partition coefficient (Wildman–Crippen LogP) is -0.407. The fourth-order valence-electron chi connectivity index (χ4n) is 1.76. The second kappa shape index (κ2) is 5.52. The fraction of sp³-hybridized carbons (Fsp3) is 0.545. The van der Waals surface area contributed by atoms with Crippen molar-refractivity contribution in [1.82, 2.24) is 15.5 Å². The first-order valence-corrected chi connectivity index (χ1v) is 5.53. The molecule has 18 heavy (non-hydrogen) atoms. The van der Waals surface area contributed by atoms with Crippen molar-refractivity contribution >= 4 is 17.9 Å². The lowest BCUT2D eigenvalue weighted by atomic mass is 10.2. The van der Waals surface area contributed by atoms with Gasteiger partial charge in [0.05, 0.1) is 6.54 Å². The molecule has 1 atom stereocenters. The van der Waals surface area contributed by atoms with Gasteiger partial charge in [0.25, 0.3) is 0 Å². The van der Waals surface area contributed by atoms with Gasteiger partial charge in [-0.3, -0.25) is 4.79 Å². The van der Waals surface area contributed by atoms with Gasteiger partial charge in [0.1, 0.15) is 0 Å². The molecule has 0 radical (unpaired) electrons. The van der Waals surface area contributed by atoms with Gasteiger partial charge >= 0.3 is 12.0 Å². The molecule has 0 saturated carbocycles. The monoisotopic (exact) mass is 255 g/mol. The summed E-state index contributed by atoms with van der Waals surface area (Å²) in [5.74, 6) is -1.01. The number of hydrogen-bond donors (Lipinski definition) is 2. The zero-order valence-corrected chi connectivity index (χ0v) is 10.5. The summed E-state index contributed by atoms with van der Waals surface area (Å²) < 4.78 is 5.10. The maximum atomic E-state index is 11.4. The molecule has 0 spiro atoms. The van der Waals surface area contributed by atoms with Gasteiger partial charge in [-0.05, 0) is 6.92 Å². The van der Waals surface area contributed by atoms with Crippen LogP contribution in [0.2, 0.25) is 0 Å². The lowest BCUT2D eigenvalue weighted by Gasteiger charge is -2.32. The van der Waals surface area contributed by atoms with Crippen LogP contribution in [-0.2, 0) is 14.3 Å². The summed E-state index contributed by atoms with van der Waals surface area (Å²) in [5.41, 5.74) is -1.27. The molecule has 1 aliphatic heterocycles. The van der Waals surface area contributed by atoms with Crippen LogP contribution in [0.1, 0.15) is 13.8 Å². The Bertz CT molecular complexity index is 382. The molecule has 7 heteroatoms. The molecule has 1 heterocycles. The number of urea groups is 1. The van der Waals surface area contributed by atoms with Gasteiger partial charge in [0.15, 0.2) is 0 Å². The molecule has 1 saturated heterocycles. The van der Waals surface area contributed by atoms with Crippen LogP contribution in [0, 0.1) is 0 Å². The topological polar surface area (TPSA) is 87.7 Å². The second-order valence-electron chi connectivity index (χ2n) is 4.19. The highest BCUT2D eigenvalue weighted by atomic mass is 16.6. The first-order valence-electron chi connectivity index (χ1n) is 5.53. The van der Waals surface area contributed by atoms with Crippen molar-refractivity contribution in [3.63, 3.8) is 0 Å². The minimum atomic E-state index is -1.27. The summed E-state index contributed by atoms with van der Waals surface area (Å²) in [6.07, 6.45) is 1.00. The molecule has 0 aromatic rings. The van der Waals surface area contributed by atoms with Crippen molar-refractivity contribution in [3.8, 4) is 0 Å². The minimum Gasteiger partial charge on any atom is -0.434 e. The van der Waals surface area contributed by atoms with Gasteiger partial charge in [0.2, 0.25) is 11.6 Å². The summed E-state index contributed by atoms with van der Waals surface area (Å²) in [5, 5.41) is 5.14. The van der Waals surface area contributed by atoms with Crippen LogP contribution in [0.15, 0.2) is 12.7 Å². The molecule has 1 rings (SSSR count). The fourth-order valence-corrected chi connectivity index (χ4v) is 1.76. The van der Waals surface area contributed by atoms with E-state index in [0.717, 1.165) is 6.08 Å². The number of rotatable bonds is 5. The molecule has 2 N–H and O–H groups in total. The number of amides is 3. The molecule has 1 unspecified atom stereocenters. The Balaban J connectivity index is 2.75. The summed E-state index contributed by atoms with van der Waals surface area (Å²) in [6.45, 7) is 7.24. The Kier molecular flexibility index (Phi) is 4.30. The third kappa shape index (κ3) is 3.76. The van der Waals surface area contributed by atoms with Crippen molar-refractivity contribution in [3.05, 3.63) is 12.7 Å². The summed E-state index contributed by atoms with van der Waals surface area (Å²) in [4.78, 5) is 35.3. The van der Waals surface area contributed by atoms with Crippen LogP contribution in [0.5, 0.6) is 0 Å². The number of hydrogen-bond acceptors (Lipinski definition) is 4. The van der Waals surface area contributed by atoms with Gasteiger partial charge in [-0.15, -0.1) is 0 Å². The van der Waals surface area contributed by atoms with Crippen LogP contribution < -0.4 is 10.6 Å². The lowest BCUT2D eigenvalue weighted by Crippen LogP contribution is -2.56. The lowest BCUT2D eigenvalue weighted by molar-refractivity contribution is -0.158. The maximum absolute atomic E-state index is 11.4. The average Bonchev–Trinajstić information content (AvgIpc) is 2.62. The van der Waals surface area contributed by atoms with Gasteiger partial charge in [-0.1, -0.05) is 6.58 Å². The largest absolute Gasteiger partial charge is 0.434 e. The Morgan fingerprint density at radius 2 is 2.33 bits per heavy atom. The van der Waals surface area contributed by atoms with Gasteiger partial charge < -0.3 is 20.3 Å². The van der Waals surface area contributed by atoms with E-state index >= 15 is 0 Å². The number of esters is 1. The van der Waals surface area contributed by atoms with Crippen molar-refractivity contribution < 1.29 is 19.1 Å². The first-order chi connectivity index (χ1) is 8.36. The van der Waals surface area contributed by atoms with Crippen molar-refractivity contribution in [2.45, 2.75) is 19.6 Å². The smallest absolute Gasteiger partial charge is 0.332 e. The minimum absolute atomic E-state index is 0.0813. The molecule has 0 bridgehead atoms. The number of carbonyl (C=O) groups is 3. The highest BCUT2D eigenvalue weighted by molar-refractivity contribution is 5.82. The van der Waals surface area contributed by atoms with Gasteiger partial charge in [-0.2, -0.15) is 0 Å². The molecule has 3 amide bonds. The van der Waals surface area contributed by atoms with Crippen LogP contribution in [0.25, 0.3) is 0 Å². The van der Waals surface area contributed by atoms with E-state index in [1.807, 2.05) is 0 Å². The third-order valence-corrected chi connectivity index (χ3v) is 2.37. The molecular weight excluding hydrogens is 238 g/mol. The Hall–Kier alpha value is -2.05. The maximum Gasteiger partial charge on any atom is 0.332 e. The number of nitrogens with one attached hydrogen (secondary N) is 2. The third-order valence-electron chi connectivity index (χ3n) is 2.37. The second-order valence-corrected chi connectivity index (χ2v) is 4.19. The Morgan fingerprint density at radius 3 is 2.78 bits per heavy atom. The zero-order chi connectivity index (χ0) is 13.8. The van der Waals surface area contributed by atoms with E-state index in [0.29, 0.717) is 13.1 Å². The van der Waals surface area contributed by atoms with Crippen molar-refractivity contribution in [2.75, 3.05) is 19.6 Å². The average molecular weight is 255 g/mol. The van der Waals surface area contributed by atoms with E-state index in [2.05, 4.69) is 17.2 Å². The summed E-state index contributed by atoms with van der Waals surface area (Å²) in [7, 11) is 0. The summed E-state index contributed by atoms with van der Waals surface area (Å²) >= 11 is 0.